The molecule has 0 spiro atoms. The van der Waals surface area contributed by atoms with Gasteiger partial charge in [0.15, 0.2) is 5.13 Å². The summed E-state index contributed by atoms with van der Waals surface area (Å²) >= 11 is 1.50. The average Bonchev–Trinajstić information content (AvgIpc) is 3.10. The van der Waals surface area contributed by atoms with E-state index >= 15 is 0 Å². The molecule has 1 aromatic carbocycles. The van der Waals surface area contributed by atoms with Crippen LogP contribution in [-0.2, 0) is 0 Å². The van der Waals surface area contributed by atoms with Gasteiger partial charge in [0.25, 0.3) is 5.91 Å². The molecule has 0 bridgehead atoms. The normalized spacial score (nSPS) is 15.2. The first-order chi connectivity index (χ1) is 10.8. The van der Waals surface area contributed by atoms with E-state index in [1.807, 2.05) is 10.3 Å². The number of hydrogen-bond acceptors (Lipinski definition) is 4. The van der Waals surface area contributed by atoms with Crippen molar-refractivity contribution in [1.82, 2.24) is 4.98 Å². The Morgan fingerprint density at radius 1 is 1.23 bits per heavy atom. The van der Waals surface area contributed by atoms with Crippen molar-refractivity contribution >= 4 is 22.4 Å². The quantitative estimate of drug-likeness (QED) is 0.861. The van der Waals surface area contributed by atoms with Crippen LogP contribution in [0.4, 0.5) is 5.13 Å². The van der Waals surface area contributed by atoms with Crippen LogP contribution in [0.1, 0.15) is 48.0 Å². The second-order valence-corrected chi connectivity index (χ2v) is 6.34. The van der Waals surface area contributed by atoms with Crippen molar-refractivity contribution in [3.63, 3.8) is 0 Å². The van der Waals surface area contributed by atoms with Gasteiger partial charge in [0.2, 0.25) is 0 Å². The van der Waals surface area contributed by atoms with Crippen LogP contribution in [0.2, 0.25) is 0 Å². The lowest BCUT2D eigenvalue weighted by Gasteiger charge is -2.32. The van der Waals surface area contributed by atoms with Crippen LogP contribution in [0.5, 0.6) is 0 Å². The van der Waals surface area contributed by atoms with Gasteiger partial charge >= 0.3 is 0 Å². The van der Waals surface area contributed by atoms with Crippen LogP contribution in [-0.4, -0.2) is 16.9 Å². The smallest absolute Gasteiger partial charge is 0.260 e. The molecule has 1 aliphatic rings. The molecule has 4 nitrogen and oxygen atoms in total. The zero-order valence-corrected chi connectivity index (χ0v) is 13.1. The van der Waals surface area contributed by atoms with E-state index < -0.39 is 0 Å². The van der Waals surface area contributed by atoms with Crippen molar-refractivity contribution in [3.8, 4) is 6.07 Å². The van der Waals surface area contributed by atoms with Gasteiger partial charge in [-0.2, -0.15) is 5.26 Å². The summed E-state index contributed by atoms with van der Waals surface area (Å²) in [6, 6.07) is 9.13. The third kappa shape index (κ3) is 3.02. The number of rotatable bonds is 3. The van der Waals surface area contributed by atoms with Crippen molar-refractivity contribution in [3.05, 3.63) is 47.0 Å². The maximum atomic E-state index is 13.0. The lowest BCUT2D eigenvalue weighted by molar-refractivity contribution is 0.0970. The maximum Gasteiger partial charge on any atom is 0.260 e. The molecule has 0 aliphatic heterocycles. The SMILES string of the molecule is N#Cc1ccc(C(=O)N(c2nccs2)C2CCCCC2)cc1. The Morgan fingerprint density at radius 2 is 1.95 bits per heavy atom. The lowest BCUT2D eigenvalue weighted by Crippen LogP contribution is -2.41. The third-order valence-corrected chi connectivity index (χ3v) is 4.82. The zero-order chi connectivity index (χ0) is 15.4. The van der Waals surface area contributed by atoms with Crippen molar-refractivity contribution in [2.75, 3.05) is 4.90 Å². The van der Waals surface area contributed by atoms with Gasteiger partial charge in [0.05, 0.1) is 11.6 Å². The number of carbonyl (C=O) groups is 1. The first-order valence-corrected chi connectivity index (χ1v) is 8.41. The second kappa shape index (κ2) is 6.71. The van der Waals surface area contributed by atoms with Gasteiger partial charge in [-0.3, -0.25) is 9.69 Å². The Labute approximate surface area is 134 Å². The van der Waals surface area contributed by atoms with Gasteiger partial charge in [0, 0.05) is 23.2 Å². The van der Waals surface area contributed by atoms with Gasteiger partial charge in [-0.05, 0) is 37.1 Å². The van der Waals surface area contributed by atoms with E-state index in [9.17, 15) is 4.79 Å². The molecule has 22 heavy (non-hydrogen) atoms. The van der Waals surface area contributed by atoms with Gasteiger partial charge in [0.1, 0.15) is 0 Å². The molecule has 2 aromatic rings. The van der Waals surface area contributed by atoms with Gasteiger partial charge < -0.3 is 0 Å². The molecule has 3 rings (SSSR count). The molecular weight excluding hydrogens is 294 g/mol. The van der Waals surface area contributed by atoms with Gasteiger partial charge in [-0.25, -0.2) is 4.98 Å². The summed E-state index contributed by atoms with van der Waals surface area (Å²) < 4.78 is 0. The lowest BCUT2D eigenvalue weighted by atomic mass is 9.94. The van der Waals surface area contributed by atoms with Crippen molar-refractivity contribution in [1.29, 1.82) is 5.26 Å². The third-order valence-electron chi connectivity index (χ3n) is 4.04. The van der Waals surface area contributed by atoms with E-state index in [1.54, 1.807) is 30.5 Å². The number of benzene rings is 1. The molecule has 0 unspecified atom stereocenters. The fourth-order valence-electron chi connectivity index (χ4n) is 2.91. The van der Waals surface area contributed by atoms with E-state index in [2.05, 4.69) is 11.1 Å². The molecule has 1 amide bonds. The Morgan fingerprint density at radius 3 is 2.55 bits per heavy atom. The maximum absolute atomic E-state index is 13.0. The number of nitrogens with zero attached hydrogens (tertiary/aromatic N) is 3. The Kier molecular flexibility index (Phi) is 4.50. The molecular formula is C17H17N3OS. The largest absolute Gasteiger partial charge is 0.281 e. The summed E-state index contributed by atoms with van der Waals surface area (Å²) in [5.41, 5.74) is 1.18. The van der Waals surface area contributed by atoms with Crippen LogP contribution < -0.4 is 4.90 Å². The Bertz CT molecular complexity index is 667. The first kappa shape index (κ1) is 14.7. The minimum absolute atomic E-state index is 0.0219. The highest BCUT2D eigenvalue weighted by molar-refractivity contribution is 7.13. The zero-order valence-electron chi connectivity index (χ0n) is 12.2. The monoisotopic (exact) mass is 311 g/mol. The highest BCUT2D eigenvalue weighted by atomic mass is 32.1. The Balaban J connectivity index is 1.90. The van der Waals surface area contributed by atoms with Crippen LogP contribution >= 0.6 is 11.3 Å². The molecule has 0 radical (unpaired) electrons. The number of carbonyl (C=O) groups excluding carboxylic acids is 1. The van der Waals surface area contributed by atoms with Gasteiger partial charge in [-0.1, -0.05) is 19.3 Å². The number of nitriles is 1. The molecule has 0 saturated heterocycles. The highest BCUT2D eigenvalue weighted by Gasteiger charge is 2.29. The minimum Gasteiger partial charge on any atom is -0.281 e. The average molecular weight is 311 g/mol. The number of thiazole rings is 1. The summed E-state index contributed by atoms with van der Waals surface area (Å²) in [5, 5.41) is 11.5. The molecule has 0 atom stereocenters. The highest BCUT2D eigenvalue weighted by Crippen LogP contribution is 2.30. The fourth-order valence-corrected chi connectivity index (χ4v) is 3.62. The topological polar surface area (TPSA) is 57.0 Å². The van der Waals surface area contributed by atoms with E-state index in [1.165, 1.54) is 17.8 Å². The molecule has 1 fully saturated rings. The van der Waals surface area contributed by atoms with Crippen LogP contribution in [0.15, 0.2) is 35.8 Å². The molecule has 112 valence electrons. The number of anilines is 1. The van der Waals surface area contributed by atoms with Crippen LogP contribution in [0.25, 0.3) is 0 Å². The fraction of sp³-hybridized carbons (Fsp3) is 0.353. The summed E-state index contributed by atoms with van der Waals surface area (Å²) in [4.78, 5) is 19.1. The van der Waals surface area contributed by atoms with Crippen molar-refractivity contribution in [2.24, 2.45) is 0 Å². The van der Waals surface area contributed by atoms with Crippen molar-refractivity contribution in [2.45, 2.75) is 38.1 Å². The predicted octanol–water partition coefficient (Wildman–Crippen LogP) is 3.99. The molecule has 1 heterocycles. The van der Waals surface area contributed by atoms with E-state index in [-0.39, 0.29) is 11.9 Å². The molecule has 1 aliphatic carbocycles. The summed E-state index contributed by atoms with van der Waals surface area (Å²) in [7, 11) is 0. The Hall–Kier alpha value is -2.19. The van der Waals surface area contributed by atoms with Crippen LogP contribution in [0.3, 0.4) is 0 Å². The second-order valence-electron chi connectivity index (χ2n) is 5.47. The van der Waals surface area contributed by atoms with E-state index in [0.717, 1.165) is 30.8 Å². The minimum atomic E-state index is -0.0219. The van der Waals surface area contributed by atoms with Gasteiger partial charge in [-0.15, -0.1) is 11.3 Å². The number of aromatic nitrogens is 1. The molecule has 0 N–H and O–H groups in total. The van der Waals surface area contributed by atoms with E-state index in [4.69, 9.17) is 5.26 Å². The molecule has 1 saturated carbocycles. The number of hydrogen-bond donors (Lipinski definition) is 0. The molecule has 1 aromatic heterocycles. The standard InChI is InChI=1S/C17H17N3OS/c18-12-13-6-8-14(9-7-13)16(21)20(17-19-10-11-22-17)15-4-2-1-3-5-15/h6-11,15H,1-5H2. The van der Waals surface area contributed by atoms with Crippen LogP contribution in [0, 0.1) is 11.3 Å². The summed E-state index contributed by atoms with van der Waals surface area (Å²) in [6.45, 7) is 0. The number of amides is 1. The summed E-state index contributed by atoms with van der Waals surface area (Å²) in [5.74, 6) is -0.0219. The molecule has 5 heteroatoms. The summed E-state index contributed by atoms with van der Waals surface area (Å²) in [6.07, 6.45) is 7.36. The van der Waals surface area contributed by atoms with E-state index in [0.29, 0.717) is 11.1 Å². The van der Waals surface area contributed by atoms with Crippen molar-refractivity contribution < 1.29 is 4.79 Å². The first-order valence-electron chi connectivity index (χ1n) is 7.53. The predicted molar refractivity (Wildman–Crippen MR) is 87.0 cm³/mol.